The molecule has 1 aliphatic carbocycles. The van der Waals surface area contributed by atoms with E-state index >= 15 is 0 Å². The SMILES string of the molecule is O=C(OCc1nc2sc3c(c2c(=O)[nH]1)CCCC3)c1ccc2ccccc2c1. The van der Waals surface area contributed by atoms with Gasteiger partial charge in [0, 0.05) is 4.88 Å². The maximum Gasteiger partial charge on any atom is 0.338 e. The molecule has 0 unspecified atom stereocenters. The fourth-order valence-corrected chi connectivity index (χ4v) is 5.09. The van der Waals surface area contributed by atoms with Crippen LogP contribution in [0.25, 0.3) is 21.0 Å². The summed E-state index contributed by atoms with van der Waals surface area (Å²) in [5, 5.41) is 2.76. The Morgan fingerprint density at radius 1 is 1.11 bits per heavy atom. The Hall–Kier alpha value is -2.99. The first kappa shape index (κ1) is 17.1. The Bertz CT molecular complexity index is 1270. The summed E-state index contributed by atoms with van der Waals surface area (Å²) in [5.74, 6) is -0.0517. The van der Waals surface area contributed by atoms with Crippen LogP contribution < -0.4 is 5.56 Å². The van der Waals surface area contributed by atoms with Crippen LogP contribution in [0.5, 0.6) is 0 Å². The molecule has 0 aliphatic heterocycles. The second kappa shape index (κ2) is 6.87. The highest BCUT2D eigenvalue weighted by molar-refractivity contribution is 7.18. The number of rotatable bonds is 3. The van der Waals surface area contributed by atoms with E-state index in [-0.39, 0.29) is 12.2 Å². The Balaban J connectivity index is 1.39. The lowest BCUT2D eigenvalue weighted by atomic mass is 9.97. The molecule has 1 N–H and O–H groups in total. The van der Waals surface area contributed by atoms with Crippen LogP contribution in [-0.2, 0) is 24.2 Å². The van der Waals surface area contributed by atoms with Crippen molar-refractivity contribution in [2.75, 3.05) is 0 Å². The number of benzene rings is 2. The van der Waals surface area contributed by atoms with Gasteiger partial charge in [-0.2, -0.15) is 0 Å². The van der Waals surface area contributed by atoms with Crippen molar-refractivity contribution < 1.29 is 9.53 Å². The predicted octanol–water partition coefficient (Wildman–Crippen LogP) is 4.37. The summed E-state index contributed by atoms with van der Waals surface area (Å²) in [6.45, 7) is -0.0561. The molecule has 0 amide bonds. The number of esters is 1. The molecular weight excluding hydrogens is 372 g/mol. The molecule has 4 aromatic rings. The average Bonchev–Trinajstić information content (AvgIpc) is 3.10. The van der Waals surface area contributed by atoms with Crippen LogP contribution in [0.3, 0.4) is 0 Å². The summed E-state index contributed by atoms with van der Waals surface area (Å²) >= 11 is 1.59. The molecule has 5 rings (SSSR count). The topological polar surface area (TPSA) is 72.0 Å². The fourth-order valence-electron chi connectivity index (χ4n) is 3.81. The standard InChI is InChI=1S/C22H18N2O3S/c25-20-19-16-7-3-4-8-17(16)28-21(19)24-18(23-20)12-27-22(26)15-10-9-13-5-1-2-6-14(13)11-15/h1-2,5-6,9-11H,3-4,7-8,12H2,(H,23,24,25). The number of fused-ring (bicyclic) bond motifs is 4. The number of H-pyrrole nitrogens is 1. The van der Waals surface area contributed by atoms with Gasteiger partial charge in [0.2, 0.25) is 0 Å². The molecular formula is C22H18N2O3S. The molecule has 0 saturated carbocycles. The van der Waals surface area contributed by atoms with Crippen LogP contribution in [0.2, 0.25) is 0 Å². The van der Waals surface area contributed by atoms with Gasteiger partial charge in [0.1, 0.15) is 17.3 Å². The minimum atomic E-state index is -0.432. The van der Waals surface area contributed by atoms with E-state index in [1.54, 1.807) is 17.4 Å². The zero-order valence-electron chi connectivity index (χ0n) is 15.2. The third-order valence-corrected chi connectivity index (χ3v) is 6.38. The van der Waals surface area contributed by atoms with Crippen molar-refractivity contribution >= 4 is 38.3 Å². The number of thiophene rings is 1. The van der Waals surface area contributed by atoms with Gasteiger partial charge in [-0.15, -0.1) is 11.3 Å². The van der Waals surface area contributed by atoms with Crippen molar-refractivity contribution in [2.45, 2.75) is 32.3 Å². The molecule has 28 heavy (non-hydrogen) atoms. The number of hydrogen-bond donors (Lipinski definition) is 1. The molecule has 2 aromatic heterocycles. The van der Waals surface area contributed by atoms with E-state index in [2.05, 4.69) is 9.97 Å². The zero-order valence-corrected chi connectivity index (χ0v) is 16.0. The minimum absolute atomic E-state index is 0.0561. The average molecular weight is 390 g/mol. The first-order valence-corrected chi connectivity index (χ1v) is 10.2. The van der Waals surface area contributed by atoms with Gasteiger partial charge in [-0.05, 0) is 54.2 Å². The lowest BCUT2D eigenvalue weighted by Gasteiger charge is -2.09. The molecule has 0 spiro atoms. The van der Waals surface area contributed by atoms with E-state index in [9.17, 15) is 9.59 Å². The summed E-state index contributed by atoms with van der Waals surface area (Å²) < 4.78 is 5.40. The van der Waals surface area contributed by atoms with Crippen LogP contribution in [0, 0.1) is 0 Å². The summed E-state index contributed by atoms with van der Waals surface area (Å²) in [6, 6.07) is 13.3. The molecule has 2 aromatic carbocycles. The van der Waals surface area contributed by atoms with E-state index in [0.29, 0.717) is 16.8 Å². The minimum Gasteiger partial charge on any atom is -0.454 e. The van der Waals surface area contributed by atoms with Crippen LogP contribution in [0.4, 0.5) is 0 Å². The number of aryl methyl sites for hydroxylation is 2. The van der Waals surface area contributed by atoms with Crippen molar-refractivity contribution in [1.82, 2.24) is 9.97 Å². The van der Waals surface area contributed by atoms with Gasteiger partial charge < -0.3 is 9.72 Å². The van der Waals surface area contributed by atoms with Gasteiger partial charge >= 0.3 is 5.97 Å². The first-order chi connectivity index (χ1) is 13.7. The van der Waals surface area contributed by atoms with Gasteiger partial charge in [0.25, 0.3) is 5.56 Å². The lowest BCUT2D eigenvalue weighted by molar-refractivity contribution is 0.0462. The summed E-state index contributed by atoms with van der Waals surface area (Å²) in [6.07, 6.45) is 4.23. The Kier molecular flexibility index (Phi) is 4.20. The molecule has 5 nitrogen and oxygen atoms in total. The van der Waals surface area contributed by atoms with Crippen LogP contribution in [0.1, 0.15) is 39.5 Å². The van der Waals surface area contributed by atoms with Crippen molar-refractivity contribution in [2.24, 2.45) is 0 Å². The van der Waals surface area contributed by atoms with E-state index in [1.165, 1.54) is 4.88 Å². The van der Waals surface area contributed by atoms with Crippen LogP contribution >= 0.6 is 11.3 Å². The predicted molar refractivity (Wildman–Crippen MR) is 110 cm³/mol. The highest BCUT2D eigenvalue weighted by Crippen LogP contribution is 2.33. The maximum atomic E-state index is 12.6. The molecule has 2 heterocycles. The lowest BCUT2D eigenvalue weighted by Crippen LogP contribution is -2.15. The summed E-state index contributed by atoms with van der Waals surface area (Å²) in [7, 11) is 0. The second-order valence-corrected chi connectivity index (χ2v) is 8.13. The number of nitrogens with one attached hydrogen (secondary N) is 1. The fraction of sp³-hybridized carbons (Fsp3) is 0.227. The number of carbonyl (C=O) groups is 1. The number of nitrogens with zero attached hydrogens (tertiary/aromatic N) is 1. The molecule has 0 atom stereocenters. The smallest absolute Gasteiger partial charge is 0.338 e. The molecule has 6 heteroatoms. The highest BCUT2D eigenvalue weighted by Gasteiger charge is 2.20. The van der Waals surface area contributed by atoms with Crippen molar-refractivity contribution in [3.8, 4) is 0 Å². The Morgan fingerprint density at radius 2 is 1.93 bits per heavy atom. The van der Waals surface area contributed by atoms with Crippen molar-refractivity contribution in [3.05, 3.63) is 74.6 Å². The van der Waals surface area contributed by atoms with E-state index in [1.807, 2.05) is 36.4 Å². The first-order valence-electron chi connectivity index (χ1n) is 9.38. The number of aromatic amines is 1. The number of aromatic nitrogens is 2. The maximum absolute atomic E-state index is 12.6. The van der Waals surface area contributed by atoms with Crippen LogP contribution in [-0.4, -0.2) is 15.9 Å². The van der Waals surface area contributed by atoms with Crippen molar-refractivity contribution in [3.63, 3.8) is 0 Å². The van der Waals surface area contributed by atoms with Gasteiger partial charge in [0.05, 0.1) is 10.9 Å². The summed E-state index contributed by atoms with van der Waals surface area (Å²) in [4.78, 5) is 34.3. The van der Waals surface area contributed by atoms with Crippen molar-refractivity contribution in [1.29, 1.82) is 0 Å². The molecule has 1 aliphatic rings. The van der Waals surface area contributed by atoms with E-state index in [4.69, 9.17) is 4.74 Å². The van der Waals surface area contributed by atoms with Gasteiger partial charge in [-0.25, -0.2) is 9.78 Å². The third-order valence-electron chi connectivity index (χ3n) is 5.20. The molecule has 0 fully saturated rings. The van der Waals surface area contributed by atoms with Crippen LogP contribution in [0.15, 0.2) is 47.3 Å². The number of hydrogen-bond acceptors (Lipinski definition) is 5. The summed E-state index contributed by atoms with van der Waals surface area (Å²) in [5.41, 5.74) is 1.49. The molecule has 140 valence electrons. The Morgan fingerprint density at radius 3 is 2.82 bits per heavy atom. The highest BCUT2D eigenvalue weighted by atomic mass is 32.1. The molecule has 0 saturated heterocycles. The quantitative estimate of drug-likeness (QED) is 0.527. The number of ether oxygens (including phenoxy) is 1. The normalized spacial score (nSPS) is 13.6. The molecule has 0 radical (unpaired) electrons. The monoisotopic (exact) mass is 390 g/mol. The van der Waals surface area contributed by atoms with Gasteiger partial charge in [-0.3, -0.25) is 4.79 Å². The third kappa shape index (κ3) is 2.99. The molecule has 0 bridgehead atoms. The van der Waals surface area contributed by atoms with E-state index < -0.39 is 5.97 Å². The number of carbonyl (C=O) groups excluding carboxylic acids is 1. The van der Waals surface area contributed by atoms with Gasteiger partial charge in [0.15, 0.2) is 0 Å². The largest absolute Gasteiger partial charge is 0.454 e. The second-order valence-electron chi connectivity index (χ2n) is 7.04. The van der Waals surface area contributed by atoms with Gasteiger partial charge in [-0.1, -0.05) is 30.3 Å². The van der Waals surface area contributed by atoms with E-state index in [0.717, 1.165) is 46.8 Å². The Labute approximate surface area is 165 Å². The zero-order chi connectivity index (χ0) is 19.1.